The maximum atomic E-state index is 12.9. The minimum atomic E-state index is -0.219. The highest BCUT2D eigenvalue weighted by molar-refractivity contribution is 5.79. The number of benzene rings is 3. The number of ether oxygens (including phenoxy) is 1. The van der Waals surface area contributed by atoms with E-state index in [-0.39, 0.29) is 17.6 Å². The Labute approximate surface area is 179 Å². The molecular weight excluding hydrogens is 370 g/mol. The molecule has 3 heteroatoms. The summed E-state index contributed by atoms with van der Waals surface area (Å²) in [5.74, 6) is 0.940. The fourth-order valence-corrected chi connectivity index (χ4v) is 4.31. The molecule has 1 aliphatic heterocycles. The molecule has 3 aromatic rings. The molecule has 3 nitrogen and oxygen atoms in total. The van der Waals surface area contributed by atoms with Crippen molar-refractivity contribution in [2.45, 2.75) is 51.2 Å². The number of para-hydroxylation sites is 1. The molecule has 0 spiro atoms. The molecule has 0 saturated carbocycles. The summed E-state index contributed by atoms with van der Waals surface area (Å²) in [7, 11) is 0. The monoisotopic (exact) mass is 399 g/mol. The Bertz CT molecular complexity index is 991. The lowest BCUT2D eigenvalue weighted by atomic mass is 9.83. The average Bonchev–Trinajstić information content (AvgIpc) is 2.80. The Hall–Kier alpha value is -3.07. The van der Waals surface area contributed by atoms with E-state index in [1.807, 2.05) is 48.5 Å². The van der Waals surface area contributed by atoms with Crippen molar-refractivity contribution < 1.29 is 9.53 Å². The molecule has 0 radical (unpaired) electrons. The van der Waals surface area contributed by atoms with E-state index in [1.165, 1.54) is 5.56 Å². The predicted molar refractivity (Wildman–Crippen MR) is 121 cm³/mol. The van der Waals surface area contributed by atoms with Crippen LogP contribution in [0.3, 0.4) is 0 Å². The average molecular weight is 400 g/mol. The normalized spacial score (nSPS) is 16.9. The highest BCUT2D eigenvalue weighted by Crippen LogP contribution is 2.42. The van der Waals surface area contributed by atoms with Crippen LogP contribution in [-0.2, 0) is 11.2 Å². The van der Waals surface area contributed by atoms with Gasteiger partial charge in [0.1, 0.15) is 11.4 Å². The van der Waals surface area contributed by atoms with Crippen LogP contribution in [0.25, 0.3) is 11.1 Å². The van der Waals surface area contributed by atoms with Gasteiger partial charge in [0.05, 0.1) is 12.5 Å². The van der Waals surface area contributed by atoms with Gasteiger partial charge in [0.25, 0.3) is 0 Å². The Morgan fingerprint density at radius 1 is 0.900 bits per heavy atom. The van der Waals surface area contributed by atoms with E-state index in [9.17, 15) is 4.79 Å². The van der Waals surface area contributed by atoms with Crippen molar-refractivity contribution in [3.05, 3.63) is 90.0 Å². The molecule has 0 fully saturated rings. The van der Waals surface area contributed by atoms with Crippen LogP contribution >= 0.6 is 0 Å². The van der Waals surface area contributed by atoms with Crippen LogP contribution < -0.4 is 10.1 Å². The molecular formula is C27H29NO2. The topological polar surface area (TPSA) is 38.3 Å². The lowest BCUT2D eigenvalue weighted by Crippen LogP contribution is -2.44. The molecule has 1 N–H and O–H groups in total. The molecule has 154 valence electrons. The molecule has 4 rings (SSSR count). The van der Waals surface area contributed by atoms with Gasteiger partial charge in [0.15, 0.2) is 0 Å². The van der Waals surface area contributed by atoms with Gasteiger partial charge in [-0.2, -0.15) is 0 Å². The van der Waals surface area contributed by atoms with Gasteiger partial charge in [-0.05, 0) is 35.6 Å². The SMILES string of the molecule is CCC1(CC)C[C@@H](NC(=O)Cc2ccc(-c3ccccc3)cc2)c2ccccc2O1. The lowest BCUT2D eigenvalue weighted by Gasteiger charge is -2.41. The Kier molecular flexibility index (Phi) is 5.89. The summed E-state index contributed by atoms with van der Waals surface area (Å²) < 4.78 is 6.35. The zero-order chi connectivity index (χ0) is 21.0. The summed E-state index contributed by atoms with van der Waals surface area (Å²) in [6.45, 7) is 4.31. The lowest BCUT2D eigenvalue weighted by molar-refractivity contribution is -0.121. The third-order valence-electron chi connectivity index (χ3n) is 6.25. The van der Waals surface area contributed by atoms with Gasteiger partial charge in [-0.25, -0.2) is 0 Å². The zero-order valence-corrected chi connectivity index (χ0v) is 17.7. The number of hydrogen-bond acceptors (Lipinski definition) is 2. The Morgan fingerprint density at radius 3 is 2.23 bits per heavy atom. The quantitative estimate of drug-likeness (QED) is 0.544. The number of carbonyl (C=O) groups is 1. The first-order valence-electron chi connectivity index (χ1n) is 10.8. The standard InChI is InChI=1S/C27H29NO2/c1-3-27(4-2)19-24(23-12-8-9-13-25(23)30-27)28-26(29)18-20-14-16-22(17-15-20)21-10-6-5-7-11-21/h5-17,24H,3-4,18-19H2,1-2H3,(H,28,29)/t24-/m1/s1. The summed E-state index contributed by atoms with van der Waals surface area (Å²) in [5.41, 5.74) is 4.22. The number of nitrogens with one attached hydrogen (secondary N) is 1. The summed E-state index contributed by atoms with van der Waals surface area (Å²) >= 11 is 0. The Morgan fingerprint density at radius 2 is 1.53 bits per heavy atom. The number of fused-ring (bicyclic) bond motifs is 1. The van der Waals surface area contributed by atoms with E-state index in [4.69, 9.17) is 4.74 Å². The summed E-state index contributed by atoms with van der Waals surface area (Å²) in [6, 6.07) is 26.6. The fraction of sp³-hybridized carbons (Fsp3) is 0.296. The smallest absolute Gasteiger partial charge is 0.224 e. The van der Waals surface area contributed by atoms with Crippen LogP contribution in [0, 0.1) is 0 Å². The van der Waals surface area contributed by atoms with Crippen molar-refractivity contribution in [3.63, 3.8) is 0 Å². The van der Waals surface area contributed by atoms with Crippen LogP contribution in [0.15, 0.2) is 78.9 Å². The molecule has 3 aromatic carbocycles. The molecule has 0 aromatic heterocycles. The van der Waals surface area contributed by atoms with E-state index in [0.717, 1.165) is 41.7 Å². The third kappa shape index (κ3) is 4.25. The van der Waals surface area contributed by atoms with E-state index in [0.29, 0.717) is 6.42 Å². The van der Waals surface area contributed by atoms with Crippen LogP contribution in [0.2, 0.25) is 0 Å². The molecule has 1 amide bonds. The highest BCUT2D eigenvalue weighted by atomic mass is 16.5. The van der Waals surface area contributed by atoms with Gasteiger partial charge in [-0.1, -0.05) is 86.6 Å². The minimum Gasteiger partial charge on any atom is -0.487 e. The van der Waals surface area contributed by atoms with Crippen molar-refractivity contribution in [2.24, 2.45) is 0 Å². The van der Waals surface area contributed by atoms with Gasteiger partial charge >= 0.3 is 0 Å². The third-order valence-corrected chi connectivity index (χ3v) is 6.25. The van der Waals surface area contributed by atoms with Gasteiger partial charge in [0, 0.05) is 12.0 Å². The second kappa shape index (κ2) is 8.74. The molecule has 30 heavy (non-hydrogen) atoms. The van der Waals surface area contributed by atoms with E-state index >= 15 is 0 Å². The van der Waals surface area contributed by atoms with E-state index < -0.39 is 0 Å². The first-order chi connectivity index (χ1) is 14.6. The minimum absolute atomic E-state index is 0.0223. The number of amides is 1. The second-order valence-electron chi connectivity index (χ2n) is 8.09. The Balaban J connectivity index is 1.47. The molecule has 0 aliphatic carbocycles. The first kappa shape index (κ1) is 20.2. The molecule has 1 aliphatic rings. The second-order valence-corrected chi connectivity index (χ2v) is 8.09. The zero-order valence-electron chi connectivity index (χ0n) is 17.7. The van der Waals surface area contributed by atoms with Gasteiger partial charge in [-0.3, -0.25) is 4.79 Å². The van der Waals surface area contributed by atoms with Crippen LogP contribution in [0.4, 0.5) is 0 Å². The van der Waals surface area contributed by atoms with E-state index in [1.54, 1.807) is 0 Å². The number of hydrogen-bond donors (Lipinski definition) is 1. The van der Waals surface area contributed by atoms with Crippen molar-refractivity contribution in [1.82, 2.24) is 5.32 Å². The molecule has 1 atom stereocenters. The summed E-state index contributed by atoms with van der Waals surface area (Å²) in [6.07, 6.45) is 3.02. The molecule has 0 bridgehead atoms. The number of rotatable bonds is 6. The maximum absolute atomic E-state index is 12.9. The van der Waals surface area contributed by atoms with Crippen LogP contribution in [0.5, 0.6) is 5.75 Å². The van der Waals surface area contributed by atoms with Gasteiger partial charge < -0.3 is 10.1 Å². The molecule has 0 saturated heterocycles. The maximum Gasteiger partial charge on any atom is 0.224 e. The van der Waals surface area contributed by atoms with Crippen molar-refractivity contribution in [2.75, 3.05) is 0 Å². The van der Waals surface area contributed by atoms with Crippen LogP contribution in [0.1, 0.15) is 50.3 Å². The molecule has 0 unspecified atom stereocenters. The van der Waals surface area contributed by atoms with Gasteiger partial charge in [-0.15, -0.1) is 0 Å². The fourth-order valence-electron chi connectivity index (χ4n) is 4.31. The number of carbonyl (C=O) groups excluding carboxylic acids is 1. The van der Waals surface area contributed by atoms with Crippen molar-refractivity contribution in [3.8, 4) is 16.9 Å². The summed E-state index contributed by atoms with van der Waals surface area (Å²) in [4.78, 5) is 12.9. The highest BCUT2D eigenvalue weighted by Gasteiger charge is 2.38. The van der Waals surface area contributed by atoms with Gasteiger partial charge in [0.2, 0.25) is 5.91 Å². The molecule has 1 heterocycles. The first-order valence-corrected chi connectivity index (χ1v) is 10.8. The predicted octanol–water partition coefficient (Wildman–Crippen LogP) is 6.09. The van der Waals surface area contributed by atoms with Crippen molar-refractivity contribution in [1.29, 1.82) is 0 Å². The largest absolute Gasteiger partial charge is 0.487 e. The van der Waals surface area contributed by atoms with Crippen molar-refractivity contribution >= 4 is 5.91 Å². The van der Waals surface area contributed by atoms with E-state index in [2.05, 4.69) is 49.5 Å². The summed E-state index contributed by atoms with van der Waals surface area (Å²) in [5, 5.41) is 3.27. The van der Waals surface area contributed by atoms with Crippen LogP contribution in [-0.4, -0.2) is 11.5 Å².